The second-order valence-corrected chi connectivity index (χ2v) is 5.12. The number of hydrogen-bond donors (Lipinski definition) is 2. The number of fused-ring (bicyclic) bond motifs is 1. The highest BCUT2D eigenvalue weighted by atomic mass is 16.5. The van der Waals surface area contributed by atoms with Crippen molar-refractivity contribution in [3.8, 4) is 5.75 Å². The molecule has 0 aromatic heterocycles. The maximum absolute atomic E-state index is 11.2. The van der Waals surface area contributed by atoms with E-state index in [9.17, 15) is 9.59 Å². The third-order valence-electron chi connectivity index (χ3n) is 3.59. The molecule has 2 rings (SSSR count). The normalized spacial score (nSPS) is 10.5. The van der Waals surface area contributed by atoms with Crippen molar-refractivity contribution in [1.29, 1.82) is 0 Å². The van der Waals surface area contributed by atoms with Gasteiger partial charge < -0.3 is 4.74 Å². The van der Waals surface area contributed by atoms with Gasteiger partial charge in [0.15, 0.2) is 0 Å². The Labute approximate surface area is 128 Å². The monoisotopic (exact) mass is 301 g/mol. The summed E-state index contributed by atoms with van der Waals surface area (Å²) in [6.45, 7) is 0. The highest BCUT2D eigenvalue weighted by Crippen LogP contribution is 2.22. The van der Waals surface area contributed by atoms with E-state index in [2.05, 4.69) is 18.2 Å². The third-order valence-corrected chi connectivity index (χ3v) is 3.59. The number of benzene rings is 2. The molecule has 0 bridgehead atoms. The highest BCUT2D eigenvalue weighted by Gasteiger charge is 2.11. The van der Waals surface area contributed by atoms with Crippen LogP contribution in [0.2, 0.25) is 0 Å². The molecule has 0 spiro atoms. The summed E-state index contributed by atoms with van der Waals surface area (Å²) in [7, 11) is 1.65. The second-order valence-electron chi connectivity index (χ2n) is 5.12. The number of nitrogens with one attached hydrogen (secondary N) is 1. The van der Waals surface area contributed by atoms with Crippen molar-refractivity contribution in [3.05, 3.63) is 42.0 Å². The zero-order valence-corrected chi connectivity index (χ0v) is 12.5. The summed E-state index contributed by atoms with van der Waals surface area (Å²) in [5.41, 5.74) is 2.55. The number of hydroxylamine groups is 1. The van der Waals surface area contributed by atoms with E-state index in [-0.39, 0.29) is 6.42 Å². The van der Waals surface area contributed by atoms with E-state index >= 15 is 0 Å². The molecule has 22 heavy (non-hydrogen) atoms. The topological polar surface area (TPSA) is 75.6 Å². The Morgan fingerprint density at radius 2 is 1.82 bits per heavy atom. The van der Waals surface area contributed by atoms with Crippen LogP contribution in [0.3, 0.4) is 0 Å². The molecule has 5 nitrogen and oxygen atoms in total. The van der Waals surface area contributed by atoms with Crippen molar-refractivity contribution in [2.45, 2.75) is 25.7 Å². The fourth-order valence-electron chi connectivity index (χ4n) is 2.35. The number of rotatable bonds is 7. The molecule has 2 aromatic carbocycles. The first kappa shape index (κ1) is 16.0. The van der Waals surface area contributed by atoms with Crippen molar-refractivity contribution in [1.82, 2.24) is 5.48 Å². The lowest BCUT2D eigenvalue weighted by atomic mass is 10.0. The Hall–Kier alpha value is -2.40. The average molecular weight is 301 g/mol. The van der Waals surface area contributed by atoms with Crippen LogP contribution in [0.4, 0.5) is 0 Å². The summed E-state index contributed by atoms with van der Waals surface area (Å²) in [4.78, 5) is 22.1. The van der Waals surface area contributed by atoms with Gasteiger partial charge in [0.1, 0.15) is 5.75 Å². The molecule has 0 radical (unpaired) electrons. The maximum Gasteiger partial charge on any atom is 0.310 e. The average Bonchev–Trinajstić information content (AvgIpc) is 2.57. The minimum Gasteiger partial charge on any atom is -0.497 e. The lowest BCUT2D eigenvalue weighted by Crippen LogP contribution is -2.27. The molecule has 0 unspecified atom stereocenters. The lowest BCUT2D eigenvalue weighted by Gasteiger charge is -2.06. The number of methoxy groups -OCH3 is 1. The molecular formula is C17H19NO4. The van der Waals surface area contributed by atoms with Gasteiger partial charge in [0, 0.05) is 6.42 Å². The lowest BCUT2D eigenvalue weighted by molar-refractivity contribution is -0.143. The van der Waals surface area contributed by atoms with Crippen LogP contribution >= 0.6 is 0 Å². The number of carbonyl (C=O) groups is 2. The van der Waals surface area contributed by atoms with Crippen LogP contribution in [-0.2, 0) is 16.0 Å². The van der Waals surface area contributed by atoms with E-state index in [0.29, 0.717) is 6.42 Å². The van der Waals surface area contributed by atoms with Crippen LogP contribution in [0.5, 0.6) is 5.75 Å². The molecule has 0 saturated carbocycles. The van der Waals surface area contributed by atoms with E-state index in [4.69, 9.17) is 9.94 Å². The Kier molecular flexibility index (Phi) is 5.49. The minimum atomic E-state index is -0.945. The molecule has 0 aliphatic carbocycles. The first-order valence-electron chi connectivity index (χ1n) is 7.18. The fourth-order valence-corrected chi connectivity index (χ4v) is 2.35. The molecule has 0 heterocycles. The highest BCUT2D eigenvalue weighted by molar-refractivity contribution is 6.35. The van der Waals surface area contributed by atoms with Crippen molar-refractivity contribution in [2.75, 3.05) is 7.11 Å². The zero-order chi connectivity index (χ0) is 15.9. The van der Waals surface area contributed by atoms with Gasteiger partial charge >= 0.3 is 5.91 Å². The summed E-state index contributed by atoms with van der Waals surface area (Å²) < 4.78 is 5.20. The number of carbonyl (C=O) groups excluding carboxylic acids is 2. The largest absolute Gasteiger partial charge is 0.497 e. The van der Waals surface area contributed by atoms with Gasteiger partial charge in [-0.05, 0) is 47.7 Å². The van der Waals surface area contributed by atoms with Crippen LogP contribution in [0, 0.1) is 0 Å². The summed E-state index contributed by atoms with van der Waals surface area (Å²) in [6, 6.07) is 12.2. The van der Waals surface area contributed by atoms with Gasteiger partial charge in [-0.3, -0.25) is 14.8 Å². The van der Waals surface area contributed by atoms with Crippen molar-refractivity contribution >= 4 is 22.5 Å². The Bertz CT molecular complexity index is 681. The number of amides is 1. The number of aryl methyl sites for hydroxylation is 1. The fraction of sp³-hybridized carbons (Fsp3) is 0.294. The van der Waals surface area contributed by atoms with Gasteiger partial charge in [0.05, 0.1) is 7.11 Å². The Balaban J connectivity index is 1.89. The van der Waals surface area contributed by atoms with Gasteiger partial charge in [-0.25, -0.2) is 5.48 Å². The summed E-state index contributed by atoms with van der Waals surface area (Å²) in [5, 5.41) is 10.6. The molecule has 0 aliphatic heterocycles. The SMILES string of the molecule is COc1ccc2cc(CCCCC(=O)C(=O)NO)ccc2c1. The second kappa shape index (κ2) is 7.56. The summed E-state index contributed by atoms with van der Waals surface area (Å²) >= 11 is 0. The minimum absolute atomic E-state index is 0.150. The molecule has 0 fully saturated rings. The molecule has 0 atom stereocenters. The van der Waals surface area contributed by atoms with E-state index in [1.165, 1.54) is 11.0 Å². The first-order valence-corrected chi connectivity index (χ1v) is 7.18. The zero-order valence-electron chi connectivity index (χ0n) is 12.5. The number of Topliss-reactive ketones (excluding diaryl/α,β-unsaturated/α-hetero) is 1. The Morgan fingerprint density at radius 3 is 2.55 bits per heavy atom. The van der Waals surface area contributed by atoms with Crippen LogP contribution in [0.25, 0.3) is 10.8 Å². The Morgan fingerprint density at radius 1 is 1.09 bits per heavy atom. The summed E-state index contributed by atoms with van der Waals surface area (Å²) in [6.07, 6.45) is 2.42. The molecule has 1 amide bonds. The van der Waals surface area contributed by atoms with Crippen LogP contribution < -0.4 is 10.2 Å². The molecule has 2 N–H and O–H groups in total. The van der Waals surface area contributed by atoms with Crippen LogP contribution in [0.15, 0.2) is 36.4 Å². The number of unbranched alkanes of at least 4 members (excludes halogenated alkanes) is 1. The van der Waals surface area contributed by atoms with E-state index in [0.717, 1.165) is 29.4 Å². The smallest absolute Gasteiger partial charge is 0.310 e. The number of ether oxygens (including phenoxy) is 1. The van der Waals surface area contributed by atoms with E-state index in [1.807, 2.05) is 18.2 Å². The molecule has 5 heteroatoms. The first-order chi connectivity index (χ1) is 10.6. The quantitative estimate of drug-likeness (QED) is 0.357. The van der Waals surface area contributed by atoms with Gasteiger partial charge in [0.25, 0.3) is 0 Å². The van der Waals surface area contributed by atoms with Gasteiger partial charge in [-0.15, -0.1) is 0 Å². The van der Waals surface area contributed by atoms with Crippen molar-refractivity contribution in [2.24, 2.45) is 0 Å². The predicted molar refractivity (Wildman–Crippen MR) is 83.0 cm³/mol. The van der Waals surface area contributed by atoms with Crippen LogP contribution in [-0.4, -0.2) is 24.0 Å². The molecule has 0 aliphatic rings. The summed E-state index contributed by atoms with van der Waals surface area (Å²) in [5.74, 6) is -0.700. The maximum atomic E-state index is 11.2. The van der Waals surface area contributed by atoms with Crippen LogP contribution in [0.1, 0.15) is 24.8 Å². The van der Waals surface area contributed by atoms with E-state index in [1.54, 1.807) is 7.11 Å². The van der Waals surface area contributed by atoms with Crippen molar-refractivity contribution in [3.63, 3.8) is 0 Å². The number of hydrogen-bond acceptors (Lipinski definition) is 4. The standard InChI is InChI=1S/C17H19NO4/c1-22-15-9-8-13-10-12(6-7-14(13)11-15)4-2-3-5-16(19)17(20)18-21/h6-11,21H,2-5H2,1H3,(H,18,20). The van der Waals surface area contributed by atoms with Crippen molar-refractivity contribution < 1.29 is 19.5 Å². The van der Waals surface area contributed by atoms with Gasteiger partial charge in [-0.2, -0.15) is 0 Å². The predicted octanol–water partition coefficient (Wildman–Crippen LogP) is 2.64. The number of ketones is 1. The molecular weight excluding hydrogens is 282 g/mol. The van der Waals surface area contributed by atoms with Gasteiger partial charge in [-0.1, -0.05) is 24.3 Å². The molecule has 116 valence electrons. The third kappa shape index (κ3) is 4.05. The molecule has 0 saturated heterocycles. The van der Waals surface area contributed by atoms with Gasteiger partial charge in [0.2, 0.25) is 5.78 Å². The van der Waals surface area contributed by atoms with E-state index < -0.39 is 11.7 Å². The molecule has 2 aromatic rings.